The number of anilines is 1. The fourth-order valence-corrected chi connectivity index (χ4v) is 2.86. The third-order valence-corrected chi connectivity index (χ3v) is 4.16. The van der Waals surface area contributed by atoms with Crippen LogP contribution in [-0.2, 0) is 0 Å². The van der Waals surface area contributed by atoms with Gasteiger partial charge in [0, 0.05) is 17.1 Å². The minimum Gasteiger partial charge on any atom is -0.494 e. The van der Waals surface area contributed by atoms with Crippen LogP contribution in [0.3, 0.4) is 0 Å². The Morgan fingerprint density at radius 1 is 1.25 bits per heavy atom. The first-order valence-corrected chi connectivity index (χ1v) is 8.53. The van der Waals surface area contributed by atoms with Gasteiger partial charge in [-0.1, -0.05) is 11.6 Å². The molecule has 3 rings (SSSR count). The Morgan fingerprint density at radius 2 is 2.04 bits per heavy atom. The molecule has 2 heterocycles. The van der Waals surface area contributed by atoms with Gasteiger partial charge in [-0.25, -0.2) is 9.97 Å². The lowest BCUT2D eigenvalue weighted by Gasteiger charge is -2.03. The maximum Gasteiger partial charge on any atom is 0.259 e. The minimum absolute atomic E-state index is 0.272. The standard InChI is InChI=1S/C17H14ClN3O2S/c1-2-23-13-6-3-11(4-7-13)14-10-24-17(20-14)21-16(22)12-5-8-15(18)19-9-12/h3-10H,2H2,1H3,(H,20,21,22). The van der Waals surface area contributed by atoms with Crippen molar-refractivity contribution in [3.63, 3.8) is 0 Å². The van der Waals surface area contributed by atoms with Gasteiger partial charge in [0.05, 0.1) is 17.9 Å². The molecule has 0 saturated heterocycles. The first kappa shape index (κ1) is 16.4. The summed E-state index contributed by atoms with van der Waals surface area (Å²) in [5, 5.41) is 5.53. The van der Waals surface area contributed by atoms with E-state index in [0.29, 0.717) is 22.5 Å². The van der Waals surface area contributed by atoms with Gasteiger partial charge in [-0.05, 0) is 43.3 Å². The van der Waals surface area contributed by atoms with Crippen molar-refractivity contribution in [1.82, 2.24) is 9.97 Å². The Bertz CT molecular complexity index is 832. The number of nitrogens with one attached hydrogen (secondary N) is 1. The summed E-state index contributed by atoms with van der Waals surface area (Å²) < 4.78 is 5.42. The van der Waals surface area contributed by atoms with E-state index in [1.807, 2.05) is 36.6 Å². The van der Waals surface area contributed by atoms with Crippen LogP contribution in [0.25, 0.3) is 11.3 Å². The molecule has 122 valence electrons. The summed E-state index contributed by atoms with van der Waals surface area (Å²) in [6, 6.07) is 10.9. The highest BCUT2D eigenvalue weighted by Crippen LogP contribution is 2.26. The summed E-state index contributed by atoms with van der Waals surface area (Å²) in [6.07, 6.45) is 1.43. The van der Waals surface area contributed by atoms with Gasteiger partial charge >= 0.3 is 0 Å². The van der Waals surface area contributed by atoms with Crippen molar-refractivity contribution in [1.29, 1.82) is 0 Å². The van der Waals surface area contributed by atoms with Gasteiger partial charge in [0.15, 0.2) is 5.13 Å². The third-order valence-electron chi connectivity index (χ3n) is 3.18. The number of aromatic nitrogens is 2. The molecule has 0 radical (unpaired) electrons. The molecule has 0 atom stereocenters. The normalized spacial score (nSPS) is 10.4. The van der Waals surface area contributed by atoms with Crippen LogP contribution in [0.15, 0.2) is 48.0 Å². The number of amides is 1. The van der Waals surface area contributed by atoms with Crippen LogP contribution in [0.2, 0.25) is 5.15 Å². The highest BCUT2D eigenvalue weighted by atomic mass is 35.5. The molecule has 0 aliphatic heterocycles. The van der Waals surface area contributed by atoms with E-state index >= 15 is 0 Å². The van der Waals surface area contributed by atoms with Crippen LogP contribution in [0.1, 0.15) is 17.3 Å². The monoisotopic (exact) mass is 359 g/mol. The number of benzene rings is 1. The van der Waals surface area contributed by atoms with Crippen LogP contribution < -0.4 is 10.1 Å². The summed E-state index contributed by atoms with van der Waals surface area (Å²) in [4.78, 5) is 20.5. The van der Waals surface area contributed by atoms with Crippen molar-refractivity contribution >= 4 is 34.0 Å². The average Bonchev–Trinajstić information content (AvgIpc) is 3.05. The van der Waals surface area contributed by atoms with Gasteiger partial charge in [0.25, 0.3) is 5.91 Å². The SMILES string of the molecule is CCOc1ccc(-c2csc(NC(=O)c3ccc(Cl)nc3)n2)cc1. The summed E-state index contributed by atoms with van der Waals surface area (Å²) in [6.45, 7) is 2.57. The van der Waals surface area contributed by atoms with Crippen LogP contribution in [0.5, 0.6) is 5.75 Å². The van der Waals surface area contributed by atoms with Gasteiger partial charge in [-0.2, -0.15) is 0 Å². The second-order valence-corrected chi connectivity index (χ2v) is 6.06. The Hall–Kier alpha value is -2.44. The fourth-order valence-electron chi connectivity index (χ4n) is 2.03. The molecular weight excluding hydrogens is 346 g/mol. The van der Waals surface area contributed by atoms with Crippen LogP contribution in [0.4, 0.5) is 5.13 Å². The van der Waals surface area contributed by atoms with Gasteiger partial charge in [0.1, 0.15) is 10.9 Å². The quantitative estimate of drug-likeness (QED) is 0.681. The molecule has 1 aromatic carbocycles. The predicted molar refractivity (Wildman–Crippen MR) is 95.9 cm³/mol. The smallest absolute Gasteiger partial charge is 0.259 e. The molecule has 2 aromatic heterocycles. The second-order valence-electron chi connectivity index (χ2n) is 4.82. The van der Waals surface area contributed by atoms with Crippen LogP contribution in [0, 0.1) is 0 Å². The van der Waals surface area contributed by atoms with E-state index in [2.05, 4.69) is 15.3 Å². The lowest BCUT2D eigenvalue weighted by atomic mass is 10.2. The number of carbonyl (C=O) groups is 1. The molecule has 0 spiro atoms. The molecule has 1 N–H and O–H groups in total. The summed E-state index contributed by atoms with van der Waals surface area (Å²) in [5.74, 6) is 0.548. The molecular formula is C17H14ClN3O2S. The summed E-state index contributed by atoms with van der Waals surface area (Å²) >= 11 is 7.08. The van der Waals surface area contributed by atoms with Crippen molar-refractivity contribution < 1.29 is 9.53 Å². The highest BCUT2D eigenvalue weighted by molar-refractivity contribution is 7.14. The Balaban J connectivity index is 1.71. The first-order valence-electron chi connectivity index (χ1n) is 7.27. The number of carbonyl (C=O) groups excluding carboxylic acids is 1. The fraction of sp³-hybridized carbons (Fsp3) is 0.118. The van der Waals surface area contributed by atoms with Gasteiger partial charge in [-0.15, -0.1) is 11.3 Å². The van der Waals surface area contributed by atoms with Crippen molar-refractivity contribution in [2.24, 2.45) is 0 Å². The van der Waals surface area contributed by atoms with Gasteiger partial charge in [0.2, 0.25) is 0 Å². The molecule has 0 bridgehead atoms. The minimum atomic E-state index is -0.272. The number of pyridine rings is 1. The van der Waals surface area contributed by atoms with E-state index in [1.165, 1.54) is 17.5 Å². The number of hydrogen-bond acceptors (Lipinski definition) is 5. The average molecular weight is 360 g/mol. The molecule has 0 aliphatic rings. The van der Waals surface area contributed by atoms with Gasteiger partial charge < -0.3 is 4.74 Å². The lowest BCUT2D eigenvalue weighted by Crippen LogP contribution is -2.11. The maximum absolute atomic E-state index is 12.1. The van der Waals surface area contributed by atoms with Crippen molar-refractivity contribution in [2.75, 3.05) is 11.9 Å². The van der Waals surface area contributed by atoms with Crippen LogP contribution >= 0.6 is 22.9 Å². The van der Waals surface area contributed by atoms with Crippen molar-refractivity contribution in [3.05, 3.63) is 58.7 Å². The van der Waals surface area contributed by atoms with E-state index in [9.17, 15) is 4.79 Å². The maximum atomic E-state index is 12.1. The van der Waals surface area contributed by atoms with Crippen molar-refractivity contribution in [3.8, 4) is 17.0 Å². The number of ether oxygens (including phenoxy) is 1. The zero-order chi connectivity index (χ0) is 16.9. The molecule has 0 unspecified atom stereocenters. The number of hydrogen-bond donors (Lipinski definition) is 1. The number of nitrogens with zero attached hydrogens (tertiary/aromatic N) is 2. The predicted octanol–water partition coefficient (Wildman–Crippen LogP) is 4.51. The number of rotatable bonds is 5. The lowest BCUT2D eigenvalue weighted by molar-refractivity contribution is 0.102. The zero-order valence-electron chi connectivity index (χ0n) is 12.8. The summed E-state index contributed by atoms with van der Waals surface area (Å²) in [5.41, 5.74) is 2.19. The molecule has 7 heteroatoms. The molecule has 0 saturated carbocycles. The van der Waals surface area contributed by atoms with E-state index in [0.717, 1.165) is 17.0 Å². The van der Waals surface area contributed by atoms with Gasteiger partial charge in [-0.3, -0.25) is 10.1 Å². The number of halogens is 1. The summed E-state index contributed by atoms with van der Waals surface area (Å²) in [7, 11) is 0. The van der Waals surface area contributed by atoms with E-state index in [-0.39, 0.29) is 5.91 Å². The first-order chi connectivity index (χ1) is 11.7. The van der Waals surface area contributed by atoms with Crippen LogP contribution in [-0.4, -0.2) is 22.5 Å². The largest absolute Gasteiger partial charge is 0.494 e. The molecule has 1 amide bonds. The highest BCUT2D eigenvalue weighted by Gasteiger charge is 2.10. The zero-order valence-corrected chi connectivity index (χ0v) is 14.4. The topological polar surface area (TPSA) is 64.1 Å². The Morgan fingerprint density at radius 3 is 2.71 bits per heavy atom. The van der Waals surface area contributed by atoms with E-state index in [1.54, 1.807) is 12.1 Å². The molecule has 5 nitrogen and oxygen atoms in total. The molecule has 0 fully saturated rings. The Labute approximate surface area is 148 Å². The Kier molecular flexibility index (Phi) is 5.08. The molecule has 24 heavy (non-hydrogen) atoms. The van der Waals surface area contributed by atoms with E-state index < -0.39 is 0 Å². The third kappa shape index (κ3) is 3.90. The van der Waals surface area contributed by atoms with Crippen molar-refractivity contribution in [2.45, 2.75) is 6.92 Å². The van der Waals surface area contributed by atoms with E-state index in [4.69, 9.17) is 16.3 Å². The second kappa shape index (κ2) is 7.42. The molecule has 3 aromatic rings. The molecule has 0 aliphatic carbocycles. The number of thiazole rings is 1.